The molecule has 0 heterocycles. The summed E-state index contributed by atoms with van der Waals surface area (Å²) >= 11 is 1.73. The number of hydrogen-bond acceptors (Lipinski definition) is 2. The van der Waals surface area contributed by atoms with Gasteiger partial charge in [-0.05, 0) is 37.8 Å². The molecule has 0 aliphatic heterocycles. The lowest BCUT2D eigenvalue weighted by molar-refractivity contribution is -0.122. The molecule has 1 aromatic rings. The lowest BCUT2D eigenvalue weighted by atomic mass is 9.82. The van der Waals surface area contributed by atoms with E-state index < -0.39 is 0 Å². The van der Waals surface area contributed by atoms with Crippen molar-refractivity contribution in [2.24, 2.45) is 5.41 Å². The van der Waals surface area contributed by atoms with Gasteiger partial charge in [-0.1, -0.05) is 39.0 Å². The molecule has 0 unspecified atom stereocenters. The number of benzene rings is 1. The molecule has 0 fully saturated rings. The van der Waals surface area contributed by atoms with Crippen LogP contribution < -0.4 is 5.32 Å². The molecule has 0 atom stereocenters. The predicted octanol–water partition coefficient (Wildman–Crippen LogP) is 4.50. The first kappa shape index (κ1) is 17.1. The summed E-state index contributed by atoms with van der Waals surface area (Å²) in [5.74, 6) is 0.962. The lowest BCUT2D eigenvalue weighted by Gasteiger charge is -2.33. The van der Waals surface area contributed by atoms with E-state index in [1.807, 2.05) is 18.2 Å². The Hall–Kier alpha value is -0.960. The molecule has 2 nitrogen and oxygen atoms in total. The summed E-state index contributed by atoms with van der Waals surface area (Å²) in [5, 5.41) is 3.15. The van der Waals surface area contributed by atoms with Crippen LogP contribution in [0.4, 0.5) is 0 Å². The summed E-state index contributed by atoms with van der Waals surface area (Å²) < 4.78 is 0. The van der Waals surface area contributed by atoms with Gasteiger partial charge < -0.3 is 5.32 Å². The molecular formula is C17H27NOS. The van der Waals surface area contributed by atoms with Gasteiger partial charge in [0, 0.05) is 22.6 Å². The van der Waals surface area contributed by atoms with Gasteiger partial charge in [-0.3, -0.25) is 4.79 Å². The Morgan fingerprint density at radius 2 is 1.70 bits per heavy atom. The average molecular weight is 293 g/mol. The van der Waals surface area contributed by atoms with Crippen LogP contribution in [0.3, 0.4) is 0 Å². The molecule has 0 bridgehead atoms. The van der Waals surface area contributed by atoms with E-state index in [0.29, 0.717) is 6.42 Å². The molecule has 3 heteroatoms. The third-order valence-electron chi connectivity index (χ3n) is 2.79. The minimum atomic E-state index is -0.146. The fourth-order valence-electron chi connectivity index (χ4n) is 2.59. The molecule has 1 rings (SSSR count). The first-order valence-electron chi connectivity index (χ1n) is 7.17. The number of carbonyl (C=O) groups is 1. The second-order valence-electron chi connectivity index (χ2n) is 7.08. The maximum atomic E-state index is 12.0. The number of rotatable bonds is 6. The summed E-state index contributed by atoms with van der Waals surface area (Å²) in [6.07, 6.45) is 1.53. The highest BCUT2D eigenvalue weighted by Crippen LogP contribution is 2.27. The largest absolute Gasteiger partial charge is 0.351 e. The van der Waals surface area contributed by atoms with Crippen LogP contribution in [0.15, 0.2) is 35.2 Å². The Labute approximate surface area is 127 Å². The second-order valence-corrected chi connectivity index (χ2v) is 8.25. The molecule has 1 N–H and O–H groups in total. The maximum absolute atomic E-state index is 12.0. The Balaban J connectivity index is 2.33. The predicted molar refractivity (Wildman–Crippen MR) is 88.1 cm³/mol. The van der Waals surface area contributed by atoms with Gasteiger partial charge in [0.2, 0.25) is 5.91 Å². The minimum Gasteiger partial charge on any atom is -0.351 e. The molecule has 1 amide bonds. The molecule has 0 aliphatic carbocycles. The highest BCUT2D eigenvalue weighted by atomic mass is 32.2. The van der Waals surface area contributed by atoms with Gasteiger partial charge in [0.25, 0.3) is 0 Å². The molecule has 0 aromatic heterocycles. The number of hydrogen-bond donors (Lipinski definition) is 1. The number of amides is 1. The van der Waals surface area contributed by atoms with Crippen LogP contribution in [0.5, 0.6) is 0 Å². The Morgan fingerprint density at radius 1 is 1.10 bits per heavy atom. The van der Waals surface area contributed by atoms with Gasteiger partial charge in [0.05, 0.1) is 0 Å². The first-order chi connectivity index (χ1) is 9.18. The van der Waals surface area contributed by atoms with Crippen molar-refractivity contribution < 1.29 is 4.79 Å². The van der Waals surface area contributed by atoms with Crippen molar-refractivity contribution >= 4 is 17.7 Å². The first-order valence-corrected chi connectivity index (χ1v) is 8.15. The Kier molecular flexibility index (Phi) is 6.12. The normalized spacial score (nSPS) is 12.2. The van der Waals surface area contributed by atoms with Crippen LogP contribution in [0.2, 0.25) is 0 Å². The highest BCUT2D eigenvalue weighted by molar-refractivity contribution is 7.99. The van der Waals surface area contributed by atoms with Crippen LogP contribution >= 0.6 is 11.8 Å². The standard InChI is InChI=1S/C17H27NOS/c1-16(2,3)13-17(4,5)18-15(19)11-12-20-14-9-7-6-8-10-14/h6-10H,11-13H2,1-5H3,(H,18,19). The molecule has 112 valence electrons. The lowest BCUT2D eigenvalue weighted by Crippen LogP contribution is -2.45. The van der Waals surface area contributed by atoms with Crippen LogP contribution in [0.25, 0.3) is 0 Å². The van der Waals surface area contributed by atoms with Gasteiger partial charge in [0.1, 0.15) is 0 Å². The van der Waals surface area contributed by atoms with E-state index in [1.54, 1.807) is 11.8 Å². The van der Waals surface area contributed by atoms with Gasteiger partial charge in [0.15, 0.2) is 0 Å². The zero-order chi connectivity index (χ0) is 15.2. The molecule has 20 heavy (non-hydrogen) atoms. The summed E-state index contributed by atoms with van der Waals surface area (Å²) in [6, 6.07) is 10.2. The topological polar surface area (TPSA) is 29.1 Å². The summed E-state index contributed by atoms with van der Waals surface area (Å²) in [6.45, 7) is 10.8. The molecule has 0 saturated carbocycles. The van der Waals surface area contributed by atoms with Crippen LogP contribution in [-0.2, 0) is 4.79 Å². The van der Waals surface area contributed by atoms with Crippen molar-refractivity contribution in [3.63, 3.8) is 0 Å². The van der Waals surface area contributed by atoms with Crippen molar-refractivity contribution in [3.8, 4) is 0 Å². The summed E-state index contributed by atoms with van der Waals surface area (Å²) in [7, 11) is 0. The van der Waals surface area contributed by atoms with Crippen molar-refractivity contribution in [1.82, 2.24) is 5.32 Å². The van der Waals surface area contributed by atoms with Crippen molar-refractivity contribution in [1.29, 1.82) is 0 Å². The van der Waals surface area contributed by atoms with E-state index in [1.165, 1.54) is 4.90 Å². The minimum absolute atomic E-state index is 0.141. The molecule has 1 aromatic carbocycles. The van der Waals surface area contributed by atoms with Crippen molar-refractivity contribution in [2.45, 2.75) is 57.9 Å². The van der Waals surface area contributed by atoms with E-state index in [2.05, 4.69) is 52.1 Å². The van der Waals surface area contributed by atoms with E-state index >= 15 is 0 Å². The van der Waals surface area contributed by atoms with Crippen molar-refractivity contribution in [2.75, 3.05) is 5.75 Å². The number of nitrogens with one attached hydrogen (secondary N) is 1. The molecular weight excluding hydrogens is 266 g/mol. The third kappa shape index (κ3) is 7.59. The quantitative estimate of drug-likeness (QED) is 0.782. The number of carbonyl (C=O) groups excluding carboxylic acids is 1. The van der Waals surface area contributed by atoms with Gasteiger partial charge in [-0.2, -0.15) is 0 Å². The van der Waals surface area contributed by atoms with Gasteiger partial charge in [-0.15, -0.1) is 11.8 Å². The monoisotopic (exact) mass is 293 g/mol. The molecule has 0 spiro atoms. The van der Waals surface area contributed by atoms with E-state index in [4.69, 9.17) is 0 Å². The third-order valence-corrected chi connectivity index (χ3v) is 3.80. The summed E-state index contributed by atoms with van der Waals surface area (Å²) in [4.78, 5) is 13.2. The second kappa shape index (κ2) is 7.16. The fraction of sp³-hybridized carbons (Fsp3) is 0.588. The van der Waals surface area contributed by atoms with E-state index in [0.717, 1.165) is 12.2 Å². The SMILES string of the molecule is CC(C)(C)CC(C)(C)NC(=O)CCSc1ccccc1. The zero-order valence-corrected chi connectivity index (χ0v) is 14.1. The zero-order valence-electron chi connectivity index (χ0n) is 13.3. The maximum Gasteiger partial charge on any atom is 0.221 e. The van der Waals surface area contributed by atoms with Crippen LogP contribution in [-0.4, -0.2) is 17.2 Å². The summed E-state index contributed by atoms with van der Waals surface area (Å²) in [5.41, 5.74) is 0.0717. The van der Waals surface area contributed by atoms with Crippen LogP contribution in [0.1, 0.15) is 47.5 Å². The van der Waals surface area contributed by atoms with Crippen molar-refractivity contribution in [3.05, 3.63) is 30.3 Å². The molecule has 0 radical (unpaired) electrons. The smallest absolute Gasteiger partial charge is 0.221 e. The number of thioether (sulfide) groups is 1. The van der Waals surface area contributed by atoms with E-state index in [9.17, 15) is 4.79 Å². The van der Waals surface area contributed by atoms with Gasteiger partial charge in [-0.25, -0.2) is 0 Å². The Morgan fingerprint density at radius 3 is 2.25 bits per heavy atom. The van der Waals surface area contributed by atoms with E-state index in [-0.39, 0.29) is 16.9 Å². The van der Waals surface area contributed by atoms with Crippen LogP contribution in [0, 0.1) is 5.41 Å². The molecule has 0 aliphatic rings. The Bertz CT molecular complexity index is 420. The average Bonchev–Trinajstić information content (AvgIpc) is 2.26. The highest BCUT2D eigenvalue weighted by Gasteiger charge is 2.26. The van der Waals surface area contributed by atoms with Gasteiger partial charge >= 0.3 is 0 Å². The molecule has 0 saturated heterocycles. The fourth-order valence-corrected chi connectivity index (χ4v) is 3.46.